The van der Waals surface area contributed by atoms with E-state index < -0.39 is 19.4 Å². The number of likely N-dealkylation sites (tertiary alicyclic amines) is 1. The Labute approximate surface area is 173 Å². The van der Waals surface area contributed by atoms with Crippen LogP contribution in [0.15, 0.2) is 30.3 Å². The average Bonchev–Trinajstić information content (AvgIpc) is 3.20. The van der Waals surface area contributed by atoms with Gasteiger partial charge in [-0.05, 0) is 51.5 Å². The summed E-state index contributed by atoms with van der Waals surface area (Å²) >= 11 is 0. The summed E-state index contributed by atoms with van der Waals surface area (Å²) < 4.78 is 19.0. The van der Waals surface area contributed by atoms with Crippen molar-refractivity contribution in [2.45, 2.75) is 52.0 Å². The predicted octanol–water partition coefficient (Wildman–Crippen LogP) is 4.27. The molecular formula is C21H33N2O5P. The number of hydrogen-bond acceptors (Lipinski definition) is 4. The Morgan fingerprint density at radius 3 is 2.59 bits per heavy atom. The normalized spacial score (nSPS) is 18.4. The lowest BCUT2D eigenvalue weighted by molar-refractivity contribution is -0.141. The summed E-state index contributed by atoms with van der Waals surface area (Å²) in [5, 5.41) is 9.35. The second-order valence-corrected chi connectivity index (χ2v) is 9.99. The molecule has 1 fully saturated rings. The van der Waals surface area contributed by atoms with Crippen molar-refractivity contribution in [3.8, 4) is 0 Å². The Bertz CT molecular complexity index is 712. The number of aliphatic carboxylic acids is 1. The van der Waals surface area contributed by atoms with Crippen LogP contribution in [0.3, 0.4) is 0 Å². The number of unbranched alkanes of at least 4 members (excludes halogenated alkanes) is 1. The van der Waals surface area contributed by atoms with Gasteiger partial charge in [0.15, 0.2) is 0 Å². The van der Waals surface area contributed by atoms with E-state index in [-0.39, 0.29) is 12.3 Å². The molecule has 1 N–H and O–H groups in total. The quantitative estimate of drug-likeness (QED) is 0.423. The van der Waals surface area contributed by atoms with Crippen LogP contribution < -0.4 is 0 Å². The number of benzene rings is 1. The van der Waals surface area contributed by atoms with Crippen molar-refractivity contribution in [3.63, 3.8) is 0 Å². The zero-order valence-electron chi connectivity index (χ0n) is 17.5. The lowest BCUT2D eigenvalue weighted by atomic mass is 10.1. The van der Waals surface area contributed by atoms with Gasteiger partial charge in [0, 0.05) is 19.3 Å². The molecule has 1 saturated heterocycles. The van der Waals surface area contributed by atoms with E-state index in [2.05, 4.69) is 12.1 Å². The van der Waals surface area contributed by atoms with Crippen LogP contribution in [0.5, 0.6) is 0 Å². The van der Waals surface area contributed by atoms with Crippen LogP contribution in [0.25, 0.3) is 0 Å². The molecule has 0 aromatic heterocycles. The third kappa shape index (κ3) is 6.86. The van der Waals surface area contributed by atoms with E-state index in [1.807, 2.05) is 25.1 Å². The van der Waals surface area contributed by atoms with Gasteiger partial charge >= 0.3 is 12.0 Å². The van der Waals surface area contributed by atoms with Crippen molar-refractivity contribution in [2.24, 2.45) is 0 Å². The number of aryl methyl sites for hydroxylation is 1. The second kappa shape index (κ2) is 11.4. The van der Waals surface area contributed by atoms with Gasteiger partial charge in [-0.2, -0.15) is 0 Å². The van der Waals surface area contributed by atoms with Crippen molar-refractivity contribution in [1.29, 1.82) is 0 Å². The smallest absolute Gasteiger partial charge is 0.326 e. The fourth-order valence-electron chi connectivity index (χ4n) is 3.73. The van der Waals surface area contributed by atoms with E-state index in [9.17, 15) is 19.3 Å². The predicted molar refractivity (Wildman–Crippen MR) is 113 cm³/mol. The maximum atomic E-state index is 13.4. The van der Waals surface area contributed by atoms with E-state index in [1.54, 1.807) is 6.92 Å². The van der Waals surface area contributed by atoms with Crippen molar-refractivity contribution < 1.29 is 23.8 Å². The Morgan fingerprint density at radius 2 is 1.97 bits per heavy atom. The first-order chi connectivity index (χ1) is 13.9. The van der Waals surface area contributed by atoms with Crippen LogP contribution in [0.1, 0.15) is 45.1 Å². The number of hydrogen-bond donors (Lipinski definition) is 1. The maximum absolute atomic E-state index is 13.4. The topological polar surface area (TPSA) is 87.2 Å². The van der Waals surface area contributed by atoms with Crippen molar-refractivity contribution in [3.05, 3.63) is 35.9 Å². The first-order valence-electron chi connectivity index (χ1n) is 10.4. The molecule has 162 valence electrons. The van der Waals surface area contributed by atoms with Crippen LogP contribution in [0.2, 0.25) is 0 Å². The van der Waals surface area contributed by atoms with Crippen LogP contribution in [-0.2, 0) is 20.3 Å². The monoisotopic (exact) mass is 424 g/mol. The summed E-state index contributed by atoms with van der Waals surface area (Å²) in [5.74, 6) is -0.985. The maximum Gasteiger partial charge on any atom is 0.326 e. The molecule has 2 rings (SSSR count). The van der Waals surface area contributed by atoms with Gasteiger partial charge in [-0.25, -0.2) is 9.59 Å². The zero-order valence-corrected chi connectivity index (χ0v) is 18.4. The zero-order chi connectivity index (χ0) is 21.3. The van der Waals surface area contributed by atoms with E-state index in [1.165, 1.54) is 15.4 Å². The molecule has 8 heteroatoms. The lowest BCUT2D eigenvalue weighted by Gasteiger charge is -2.32. The Morgan fingerprint density at radius 1 is 1.24 bits per heavy atom. The first kappa shape index (κ1) is 23.4. The molecule has 2 atom stereocenters. The molecule has 0 radical (unpaired) electrons. The van der Waals surface area contributed by atoms with Gasteiger partial charge in [-0.1, -0.05) is 30.3 Å². The lowest BCUT2D eigenvalue weighted by Crippen LogP contribution is -2.48. The summed E-state index contributed by atoms with van der Waals surface area (Å²) in [7, 11) is -3.02. The van der Waals surface area contributed by atoms with Crippen LogP contribution in [0.4, 0.5) is 4.79 Å². The first-order valence-corrected chi connectivity index (χ1v) is 12.4. The van der Waals surface area contributed by atoms with Gasteiger partial charge in [0.1, 0.15) is 6.04 Å². The Hall–Kier alpha value is -1.85. The minimum absolute atomic E-state index is 0.0321. The number of carboxylic acid groups (broad SMARTS) is 1. The number of rotatable bonds is 11. The highest BCUT2D eigenvalue weighted by Gasteiger charge is 2.37. The Kier molecular flexibility index (Phi) is 9.18. The van der Waals surface area contributed by atoms with E-state index in [0.29, 0.717) is 38.7 Å². The summed E-state index contributed by atoms with van der Waals surface area (Å²) in [4.78, 5) is 27.2. The molecule has 1 aliphatic rings. The summed E-state index contributed by atoms with van der Waals surface area (Å²) in [6, 6.07) is 9.00. The highest BCUT2D eigenvalue weighted by Crippen LogP contribution is 2.48. The number of nitrogens with zero attached hydrogens (tertiary/aromatic N) is 2. The highest BCUT2D eigenvalue weighted by atomic mass is 31.2. The van der Waals surface area contributed by atoms with Crippen molar-refractivity contribution in [1.82, 2.24) is 9.80 Å². The van der Waals surface area contributed by atoms with Gasteiger partial charge in [0.2, 0.25) is 7.37 Å². The van der Waals surface area contributed by atoms with Crippen LogP contribution in [-0.4, -0.2) is 65.1 Å². The largest absolute Gasteiger partial charge is 0.480 e. The van der Waals surface area contributed by atoms with Gasteiger partial charge < -0.3 is 19.4 Å². The van der Waals surface area contributed by atoms with Crippen molar-refractivity contribution in [2.75, 3.05) is 32.1 Å². The van der Waals surface area contributed by atoms with E-state index in [4.69, 9.17) is 4.52 Å². The molecular weight excluding hydrogens is 391 g/mol. The molecule has 1 unspecified atom stereocenters. The number of carboxylic acids is 1. The van der Waals surface area contributed by atoms with E-state index >= 15 is 0 Å². The van der Waals surface area contributed by atoms with Gasteiger partial charge in [0.05, 0.1) is 12.9 Å². The standard InChI is InChI=1S/C21H33N2O5P/c1-3-22(21(26)23-15-10-14-19(23)20(24)25)17-29(27,28-4-2)16-9-8-13-18-11-6-5-7-12-18/h5-7,11-12,19H,3-4,8-10,13-17H2,1-2H3,(H,24,25)/t19-,29?/m0/s1. The molecule has 1 heterocycles. The molecule has 0 aliphatic carbocycles. The molecule has 1 aromatic rings. The third-order valence-electron chi connectivity index (χ3n) is 5.24. The number of urea groups is 1. The minimum Gasteiger partial charge on any atom is -0.480 e. The molecule has 2 amide bonds. The fourth-order valence-corrected chi connectivity index (χ4v) is 6.10. The van der Waals surface area contributed by atoms with Crippen molar-refractivity contribution >= 4 is 19.4 Å². The number of carbonyl (C=O) groups is 2. The molecule has 7 nitrogen and oxygen atoms in total. The SMILES string of the molecule is CCOP(=O)(CCCCc1ccccc1)CN(CC)C(=O)N1CCC[C@H]1C(=O)O. The van der Waals surface area contributed by atoms with E-state index in [0.717, 1.165) is 19.3 Å². The molecule has 29 heavy (non-hydrogen) atoms. The van der Waals surface area contributed by atoms with Crippen LogP contribution >= 0.6 is 7.37 Å². The summed E-state index contributed by atoms with van der Waals surface area (Å²) in [6.07, 6.45) is 4.14. The van der Waals surface area contributed by atoms with Gasteiger partial charge in [-0.3, -0.25) is 4.57 Å². The molecule has 0 bridgehead atoms. The van der Waals surface area contributed by atoms with Gasteiger partial charge in [-0.15, -0.1) is 0 Å². The summed E-state index contributed by atoms with van der Waals surface area (Å²) in [5.41, 5.74) is 1.25. The molecule has 1 aliphatic heterocycles. The number of carbonyl (C=O) groups excluding carboxylic acids is 1. The van der Waals surface area contributed by atoms with Crippen LogP contribution in [0, 0.1) is 0 Å². The molecule has 0 saturated carbocycles. The second-order valence-electron chi connectivity index (χ2n) is 7.37. The number of amides is 2. The Balaban J connectivity index is 1.95. The fraction of sp³-hybridized carbons (Fsp3) is 0.619. The highest BCUT2D eigenvalue weighted by molar-refractivity contribution is 7.58. The van der Waals surface area contributed by atoms with Gasteiger partial charge in [0.25, 0.3) is 0 Å². The average molecular weight is 424 g/mol. The third-order valence-corrected chi connectivity index (χ3v) is 7.74. The molecule has 1 aromatic carbocycles. The molecule has 0 spiro atoms. The minimum atomic E-state index is -3.02. The summed E-state index contributed by atoms with van der Waals surface area (Å²) in [6.45, 7) is 4.72.